The Kier molecular flexibility index (Phi) is 6.43. The Morgan fingerprint density at radius 1 is 1.21 bits per heavy atom. The van der Waals surface area contributed by atoms with Crippen LogP contribution >= 0.6 is 0 Å². The minimum Gasteiger partial charge on any atom is -0.508 e. The maximum Gasteiger partial charge on any atom is 0.342 e. The van der Waals surface area contributed by atoms with E-state index in [1.54, 1.807) is 12.1 Å². The number of unbranched alkanes of at least 4 members (excludes halogenated alkanes) is 2. The summed E-state index contributed by atoms with van der Waals surface area (Å²) >= 11 is 0. The molecule has 5 heteroatoms. The number of carbonyl (C=O) groups excluding carboxylic acids is 2. The lowest BCUT2D eigenvalue weighted by Crippen LogP contribution is -2.36. The van der Waals surface area contributed by atoms with Crippen LogP contribution in [0.1, 0.15) is 31.7 Å². The van der Waals surface area contributed by atoms with Crippen molar-refractivity contribution in [1.82, 2.24) is 10.6 Å². The molecule has 0 fully saturated rings. The summed E-state index contributed by atoms with van der Waals surface area (Å²) in [4.78, 5) is 22.9. The summed E-state index contributed by atoms with van der Waals surface area (Å²) in [6.45, 7) is 2.52. The van der Waals surface area contributed by atoms with Crippen molar-refractivity contribution in [1.29, 1.82) is 0 Å². The van der Waals surface area contributed by atoms with Gasteiger partial charge in [-0.05, 0) is 24.1 Å². The third-order valence-electron chi connectivity index (χ3n) is 2.56. The van der Waals surface area contributed by atoms with E-state index in [9.17, 15) is 9.59 Å². The highest BCUT2D eigenvalue weighted by Gasteiger charge is 2.09. The van der Waals surface area contributed by atoms with E-state index in [2.05, 4.69) is 17.6 Å². The summed E-state index contributed by atoms with van der Waals surface area (Å²) in [5, 5.41) is 15.1. The van der Waals surface area contributed by atoms with Gasteiger partial charge in [-0.15, -0.1) is 0 Å². The molecule has 0 aliphatic carbocycles. The number of nitrogens with one attached hydrogen (secondary N) is 1. The van der Waals surface area contributed by atoms with E-state index in [4.69, 9.17) is 5.11 Å². The third kappa shape index (κ3) is 6.45. The highest BCUT2D eigenvalue weighted by molar-refractivity contribution is 5.95. The Hall–Kier alpha value is -2.04. The van der Waals surface area contributed by atoms with Crippen molar-refractivity contribution in [2.45, 2.75) is 32.6 Å². The van der Waals surface area contributed by atoms with Crippen LogP contribution in [0.3, 0.4) is 0 Å². The zero-order valence-electron chi connectivity index (χ0n) is 11.1. The topological polar surface area (TPSA) is 80.5 Å². The van der Waals surface area contributed by atoms with Crippen molar-refractivity contribution < 1.29 is 14.7 Å². The van der Waals surface area contributed by atoms with E-state index < -0.39 is 11.9 Å². The van der Waals surface area contributed by atoms with Gasteiger partial charge >= 0.3 is 6.03 Å². The number of hydrogen-bond donors (Lipinski definition) is 2. The highest BCUT2D eigenvalue weighted by atomic mass is 16.3. The molecular weight excluding hydrogens is 244 g/mol. The van der Waals surface area contributed by atoms with Gasteiger partial charge in [0.2, 0.25) is 5.91 Å². The number of phenolic OH excluding ortho intramolecular Hbond substituents is 1. The Bertz CT molecular complexity index is 415. The van der Waals surface area contributed by atoms with Crippen LogP contribution in [0.4, 0.5) is 4.79 Å². The van der Waals surface area contributed by atoms with E-state index in [1.165, 1.54) is 12.1 Å². The fraction of sp³-hybridized carbons (Fsp3) is 0.429. The molecule has 1 radical (unpaired) electrons. The predicted octanol–water partition coefficient (Wildman–Crippen LogP) is 1.97. The normalized spacial score (nSPS) is 9.95. The zero-order chi connectivity index (χ0) is 14.1. The monoisotopic (exact) mass is 263 g/mol. The van der Waals surface area contributed by atoms with Crippen LogP contribution in [0.5, 0.6) is 5.75 Å². The van der Waals surface area contributed by atoms with E-state index in [-0.39, 0.29) is 12.2 Å². The third-order valence-corrected chi connectivity index (χ3v) is 2.56. The number of phenols is 1. The first-order valence-corrected chi connectivity index (χ1v) is 6.41. The van der Waals surface area contributed by atoms with Crippen LogP contribution in [0.15, 0.2) is 24.3 Å². The van der Waals surface area contributed by atoms with Gasteiger partial charge in [0.1, 0.15) is 5.75 Å². The molecule has 0 atom stereocenters. The van der Waals surface area contributed by atoms with Crippen molar-refractivity contribution in [3.05, 3.63) is 29.8 Å². The van der Waals surface area contributed by atoms with Gasteiger partial charge in [0.15, 0.2) is 0 Å². The number of rotatable bonds is 6. The van der Waals surface area contributed by atoms with Crippen molar-refractivity contribution >= 4 is 11.9 Å². The van der Waals surface area contributed by atoms with Crippen LogP contribution in [0, 0.1) is 0 Å². The van der Waals surface area contributed by atoms with Gasteiger partial charge < -0.3 is 5.11 Å². The maximum absolute atomic E-state index is 11.5. The lowest BCUT2D eigenvalue weighted by atomic mass is 10.1. The molecule has 0 spiro atoms. The smallest absolute Gasteiger partial charge is 0.342 e. The lowest BCUT2D eigenvalue weighted by Gasteiger charge is -2.04. The number of benzene rings is 1. The van der Waals surface area contributed by atoms with Gasteiger partial charge in [-0.25, -0.2) is 10.1 Å². The minimum absolute atomic E-state index is 0.0938. The van der Waals surface area contributed by atoms with Crippen molar-refractivity contribution in [2.75, 3.05) is 6.54 Å². The molecule has 19 heavy (non-hydrogen) atoms. The second-order valence-electron chi connectivity index (χ2n) is 4.29. The van der Waals surface area contributed by atoms with Crippen molar-refractivity contribution in [3.8, 4) is 5.75 Å². The molecule has 0 unspecified atom stereocenters. The SMILES string of the molecule is CCCCC[N]C(=O)NC(=O)Cc1ccc(O)cc1. The van der Waals surface area contributed by atoms with Gasteiger partial charge in [-0.3, -0.25) is 10.1 Å². The van der Waals surface area contributed by atoms with E-state index in [0.29, 0.717) is 6.54 Å². The molecule has 1 rings (SSSR count). The molecule has 0 bridgehead atoms. The summed E-state index contributed by atoms with van der Waals surface area (Å²) < 4.78 is 0. The Balaban J connectivity index is 2.26. The summed E-state index contributed by atoms with van der Waals surface area (Å²) in [6.07, 6.45) is 3.04. The standard InChI is InChI=1S/C14H19N2O3/c1-2-3-4-9-15-14(19)16-13(18)10-11-5-7-12(17)8-6-11/h5-8,17H,2-4,9-10H2,1H3,(H,16,18,19). The average Bonchev–Trinajstić information content (AvgIpc) is 2.37. The van der Waals surface area contributed by atoms with Gasteiger partial charge in [-0.1, -0.05) is 31.9 Å². The van der Waals surface area contributed by atoms with Crippen LogP contribution in [0.2, 0.25) is 0 Å². The number of imide groups is 1. The molecule has 0 heterocycles. The Labute approximate surface area is 113 Å². The average molecular weight is 263 g/mol. The second kappa shape index (κ2) is 8.13. The number of hydrogen-bond acceptors (Lipinski definition) is 3. The van der Waals surface area contributed by atoms with Gasteiger partial charge in [0.25, 0.3) is 0 Å². The fourth-order valence-corrected chi connectivity index (χ4v) is 1.54. The molecule has 0 saturated heterocycles. The number of urea groups is 1. The van der Waals surface area contributed by atoms with Crippen molar-refractivity contribution in [3.63, 3.8) is 0 Å². The lowest BCUT2D eigenvalue weighted by molar-refractivity contribution is -0.119. The van der Waals surface area contributed by atoms with Gasteiger partial charge in [0, 0.05) is 6.54 Å². The van der Waals surface area contributed by atoms with Crippen LogP contribution in [-0.2, 0) is 11.2 Å². The molecule has 1 aromatic rings. The predicted molar refractivity (Wildman–Crippen MR) is 71.9 cm³/mol. The highest BCUT2D eigenvalue weighted by Crippen LogP contribution is 2.09. The Morgan fingerprint density at radius 3 is 2.53 bits per heavy atom. The second-order valence-corrected chi connectivity index (χ2v) is 4.29. The summed E-state index contributed by atoms with van der Waals surface area (Å²) in [6, 6.07) is 5.69. The molecule has 1 aromatic carbocycles. The maximum atomic E-state index is 11.5. The summed E-state index contributed by atoms with van der Waals surface area (Å²) in [5.41, 5.74) is 0.731. The van der Waals surface area contributed by atoms with Crippen LogP contribution < -0.4 is 10.6 Å². The largest absolute Gasteiger partial charge is 0.508 e. The van der Waals surface area contributed by atoms with Crippen LogP contribution in [0.25, 0.3) is 0 Å². The van der Waals surface area contributed by atoms with E-state index in [0.717, 1.165) is 24.8 Å². The molecule has 0 aromatic heterocycles. The Morgan fingerprint density at radius 2 is 1.89 bits per heavy atom. The van der Waals surface area contributed by atoms with Crippen LogP contribution in [-0.4, -0.2) is 23.6 Å². The fourth-order valence-electron chi connectivity index (χ4n) is 1.54. The molecule has 0 saturated carbocycles. The first kappa shape index (κ1) is 15.0. The quantitative estimate of drug-likeness (QED) is 0.770. The van der Waals surface area contributed by atoms with Gasteiger partial charge in [0.05, 0.1) is 6.42 Å². The summed E-state index contributed by atoms with van der Waals surface area (Å²) in [5.74, 6) is -0.249. The minimum atomic E-state index is -0.583. The van der Waals surface area contributed by atoms with Gasteiger partial charge in [-0.2, -0.15) is 0 Å². The first-order valence-electron chi connectivity index (χ1n) is 6.41. The number of nitrogens with zero attached hydrogens (tertiary/aromatic N) is 1. The van der Waals surface area contributed by atoms with E-state index in [1.807, 2.05) is 0 Å². The molecule has 103 valence electrons. The van der Waals surface area contributed by atoms with E-state index >= 15 is 0 Å². The number of carbonyl (C=O) groups is 2. The molecule has 2 N–H and O–H groups in total. The first-order chi connectivity index (χ1) is 9.11. The molecule has 3 amide bonds. The molecule has 0 aliphatic heterocycles. The molecule has 0 aliphatic rings. The molecular formula is C14H19N2O3. The zero-order valence-corrected chi connectivity index (χ0v) is 11.1. The summed E-state index contributed by atoms with van der Waals surface area (Å²) in [7, 11) is 0. The van der Waals surface area contributed by atoms with Crippen molar-refractivity contribution in [2.24, 2.45) is 0 Å². The number of aromatic hydroxyl groups is 1. The number of amides is 3. The molecule has 5 nitrogen and oxygen atoms in total.